The van der Waals surface area contributed by atoms with Crippen LogP contribution in [0.1, 0.15) is 32.4 Å². The van der Waals surface area contributed by atoms with Crippen LogP contribution in [0.15, 0.2) is 18.2 Å². The minimum Gasteiger partial charge on any atom is -0.378 e. The lowest BCUT2D eigenvalue weighted by Crippen LogP contribution is -2.52. The number of amides is 1. The third kappa shape index (κ3) is 2.40. The van der Waals surface area contributed by atoms with Crippen LogP contribution in [0.2, 0.25) is 0 Å². The Kier molecular flexibility index (Phi) is 3.22. The molecule has 5 heteroatoms. The summed E-state index contributed by atoms with van der Waals surface area (Å²) in [7, 11) is 1.70. The molecule has 1 saturated heterocycles. The predicted octanol–water partition coefficient (Wildman–Crippen LogP) is 1.70. The smallest absolute Gasteiger partial charge is 0.260 e. The van der Waals surface area contributed by atoms with Crippen molar-refractivity contribution in [3.63, 3.8) is 0 Å². The van der Waals surface area contributed by atoms with E-state index in [1.54, 1.807) is 7.05 Å². The van der Waals surface area contributed by atoms with Gasteiger partial charge in [-0.2, -0.15) is 0 Å². The van der Waals surface area contributed by atoms with Crippen LogP contribution in [-0.4, -0.2) is 42.9 Å². The molecular weight excluding hydrogens is 268 g/mol. The minimum absolute atomic E-state index is 0.159. The number of aliphatic hydroxyl groups excluding tert-OH is 1. The summed E-state index contributed by atoms with van der Waals surface area (Å²) in [6.07, 6.45) is -0.869. The summed E-state index contributed by atoms with van der Waals surface area (Å²) in [6, 6.07) is 5.81. The highest BCUT2D eigenvalue weighted by Gasteiger charge is 2.35. The van der Waals surface area contributed by atoms with E-state index in [1.165, 1.54) is 4.90 Å². The van der Waals surface area contributed by atoms with Crippen LogP contribution in [0.3, 0.4) is 0 Å². The van der Waals surface area contributed by atoms with Crippen molar-refractivity contribution in [2.75, 3.05) is 29.9 Å². The lowest BCUT2D eigenvalue weighted by Gasteiger charge is -2.43. The van der Waals surface area contributed by atoms with Crippen LogP contribution in [-0.2, 0) is 9.53 Å². The summed E-state index contributed by atoms with van der Waals surface area (Å²) in [5, 5.41) is 9.92. The number of nitrogens with zero attached hydrogens (tertiary/aromatic N) is 2. The molecule has 1 fully saturated rings. The molecule has 1 aromatic carbocycles. The quantitative estimate of drug-likeness (QED) is 0.855. The van der Waals surface area contributed by atoms with Crippen molar-refractivity contribution in [2.24, 2.45) is 0 Å². The van der Waals surface area contributed by atoms with Crippen LogP contribution in [0.4, 0.5) is 11.4 Å². The second-order valence-corrected chi connectivity index (χ2v) is 6.61. The van der Waals surface area contributed by atoms with Crippen LogP contribution < -0.4 is 9.80 Å². The first-order valence-corrected chi connectivity index (χ1v) is 7.31. The number of carbonyl (C=O) groups excluding carboxylic acids is 1. The van der Waals surface area contributed by atoms with E-state index in [4.69, 9.17) is 4.74 Å². The number of anilines is 2. The Morgan fingerprint density at radius 3 is 2.76 bits per heavy atom. The van der Waals surface area contributed by atoms with Gasteiger partial charge < -0.3 is 19.6 Å². The van der Waals surface area contributed by atoms with Gasteiger partial charge in [0, 0.05) is 31.4 Å². The predicted molar refractivity (Wildman–Crippen MR) is 81.7 cm³/mol. The van der Waals surface area contributed by atoms with Gasteiger partial charge in [0.15, 0.2) is 6.10 Å². The first-order chi connectivity index (χ1) is 9.78. The monoisotopic (exact) mass is 290 g/mol. The fourth-order valence-electron chi connectivity index (χ4n) is 3.34. The molecule has 2 aliphatic rings. The highest BCUT2D eigenvalue weighted by molar-refractivity contribution is 6.03. The van der Waals surface area contributed by atoms with E-state index in [1.807, 2.05) is 18.2 Å². The van der Waals surface area contributed by atoms with Crippen LogP contribution in [0.5, 0.6) is 0 Å². The first kappa shape index (κ1) is 14.4. The molecule has 0 aromatic heterocycles. The summed E-state index contributed by atoms with van der Waals surface area (Å²) in [6.45, 7) is 7.87. The topological polar surface area (TPSA) is 53.0 Å². The summed E-state index contributed by atoms with van der Waals surface area (Å²) in [5.41, 5.74) is 2.34. The first-order valence-electron chi connectivity index (χ1n) is 7.31. The van der Waals surface area contributed by atoms with Gasteiger partial charge >= 0.3 is 0 Å². The molecule has 2 aliphatic heterocycles. The highest BCUT2D eigenvalue weighted by atomic mass is 16.5. The Labute approximate surface area is 125 Å². The molecular formula is C16H22N2O3. The van der Waals surface area contributed by atoms with E-state index in [0.29, 0.717) is 5.56 Å². The van der Waals surface area contributed by atoms with Crippen molar-refractivity contribution in [3.05, 3.63) is 23.8 Å². The van der Waals surface area contributed by atoms with Gasteiger partial charge in [-0.25, -0.2) is 0 Å². The van der Waals surface area contributed by atoms with Crippen molar-refractivity contribution < 1.29 is 14.6 Å². The maximum atomic E-state index is 11.8. The van der Waals surface area contributed by atoms with Gasteiger partial charge in [0.25, 0.3) is 5.91 Å². The molecule has 2 atom stereocenters. The average molecular weight is 290 g/mol. The van der Waals surface area contributed by atoms with E-state index < -0.39 is 6.10 Å². The average Bonchev–Trinajstić information content (AvgIpc) is 2.61. The van der Waals surface area contributed by atoms with Crippen LogP contribution in [0, 0.1) is 0 Å². The molecule has 21 heavy (non-hydrogen) atoms. The van der Waals surface area contributed by atoms with E-state index in [9.17, 15) is 9.90 Å². The second kappa shape index (κ2) is 4.71. The molecule has 0 bridgehead atoms. The Bertz CT molecular complexity index is 585. The zero-order valence-electron chi connectivity index (χ0n) is 13.0. The van der Waals surface area contributed by atoms with Crippen molar-refractivity contribution in [1.82, 2.24) is 0 Å². The van der Waals surface area contributed by atoms with E-state index in [0.717, 1.165) is 24.5 Å². The SMILES string of the molecule is CC1CN(c2ccc3c(c2)N(C)C(=O)C3O)CC(C)(C)O1. The fourth-order valence-corrected chi connectivity index (χ4v) is 3.34. The summed E-state index contributed by atoms with van der Waals surface area (Å²) in [4.78, 5) is 15.6. The fraction of sp³-hybridized carbons (Fsp3) is 0.562. The zero-order chi connectivity index (χ0) is 15.4. The van der Waals surface area contributed by atoms with Crippen LogP contribution in [0.25, 0.3) is 0 Å². The number of likely N-dealkylation sites (N-methyl/N-ethyl adjacent to an activating group) is 1. The molecule has 1 aromatic rings. The van der Waals surface area contributed by atoms with Gasteiger partial charge in [-0.3, -0.25) is 4.79 Å². The van der Waals surface area contributed by atoms with Crippen LogP contribution >= 0.6 is 0 Å². The Morgan fingerprint density at radius 2 is 2.10 bits per heavy atom. The van der Waals surface area contributed by atoms with Crippen molar-refractivity contribution in [2.45, 2.75) is 38.6 Å². The van der Waals surface area contributed by atoms with E-state index >= 15 is 0 Å². The van der Waals surface area contributed by atoms with Crippen molar-refractivity contribution in [1.29, 1.82) is 0 Å². The number of ether oxygens (including phenoxy) is 1. The largest absolute Gasteiger partial charge is 0.378 e. The minimum atomic E-state index is -1.03. The number of aliphatic hydroxyl groups is 1. The molecule has 1 amide bonds. The molecule has 0 spiro atoms. The number of fused-ring (bicyclic) bond motifs is 1. The number of hydrogen-bond donors (Lipinski definition) is 1. The number of benzene rings is 1. The lowest BCUT2D eigenvalue weighted by atomic mass is 10.0. The molecule has 0 saturated carbocycles. The van der Waals surface area contributed by atoms with Gasteiger partial charge in [-0.15, -0.1) is 0 Å². The van der Waals surface area contributed by atoms with E-state index in [-0.39, 0.29) is 17.6 Å². The molecule has 2 heterocycles. The molecule has 0 radical (unpaired) electrons. The molecule has 0 aliphatic carbocycles. The van der Waals surface area contributed by atoms with Gasteiger partial charge in [0.05, 0.1) is 17.4 Å². The summed E-state index contributed by atoms with van der Waals surface area (Å²) < 4.78 is 5.93. The number of carbonyl (C=O) groups is 1. The van der Waals surface area contributed by atoms with E-state index in [2.05, 4.69) is 25.7 Å². The number of morpholine rings is 1. The summed E-state index contributed by atoms with van der Waals surface area (Å²) >= 11 is 0. The normalized spacial score (nSPS) is 28.0. The zero-order valence-corrected chi connectivity index (χ0v) is 13.0. The summed E-state index contributed by atoms with van der Waals surface area (Å²) in [5.74, 6) is -0.266. The van der Waals surface area contributed by atoms with Gasteiger partial charge in [-0.1, -0.05) is 6.07 Å². The van der Waals surface area contributed by atoms with Gasteiger partial charge in [0.1, 0.15) is 0 Å². The third-order valence-corrected chi connectivity index (χ3v) is 4.17. The molecule has 2 unspecified atom stereocenters. The Morgan fingerprint density at radius 1 is 1.38 bits per heavy atom. The maximum absolute atomic E-state index is 11.8. The molecule has 5 nitrogen and oxygen atoms in total. The molecule has 1 N–H and O–H groups in total. The molecule has 114 valence electrons. The van der Waals surface area contributed by atoms with Gasteiger partial charge in [-0.05, 0) is 32.9 Å². The lowest BCUT2D eigenvalue weighted by molar-refractivity contribution is -0.125. The van der Waals surface area contributed by atoms with Crippen molar-refractivity contribution in [3.8, 4) is 0 Å². The Balaban J connectivity index is 1.93. The number of hydrogen-bond acceptors (Lipinski definition) is 4. The molecule has 3 rings (SSSR count). The maximum Gasteiger partial charge on any atom is 0.260 e. The van der Waals surface area contributed by atoms with Gasteiger partial charge in [0.2, 0.25) is 0 Å². The number of rotatable bonds is 1. The Hall–Kier alpha value is -1.59. The second-order valence-electron chi connectivity index (χ2n) is 6.61. The third-order valence-electron chi connectivity index (χ3n) is 4.17. The highest BCUT2D eigenvalue weighted by Crippen LogP contribution is 2.38. The van der Waals surface area contributed by atoms with Crippen molar-refractivity contribution >= 4 is 17.3 Å². The standard InChI is InChI=1S/C16H22N2O3/c1-10-8-18(9-16(2,3)21-10)11-5-6-12-13(7-11)17(4)15(20)14(12)19/h5-7,10,14,19H,8-9H2,1-4H3.